The summed E-state index contributed by atoms with van der Waals surface area (Å²) in [5.41, 5.74) is 1.06. The molecule has 1 aromatic carbocycles. The molecule has 3 rings (SSSR count). The standard InChI is InChI=1S/C17H24N2O2S.ClH/c20-17(10-14-12-22-9-8-18-14)19-11-13-4-1-2-7-16(13)21-15-5-3-6-15;/h1-2,4,7,14-15,18H,3,5-6,8-12H2,(H,19,20);1H. The number of ether oxygens (including phenoxy) is 1. The average Bonchev–Trinajstić information content (AvgIpc) is 2.51. The number of nitrogens with one attached hydrogen (secondary N) is 2. The van der Waals surface area contributed by atoms with E-state index in [4.69, 9.17) is 4.74 Å². The molecule has 1 aromatic rings. The second kappa shape index (κ2) is 9.40. The van der Waals surface area contributed by atoms with Crippen molar-refractivity contribution in [3.63, 3.8) is 0 Å². The second-order valence-corrected chi connectivity index (χ2v) is 7.14. The van der Waals surface area contributed by atoms with Crippen LogP contribution in [0.3, 0.4) is 0 Å². The van der Waals surface area contributed by atoms with Gasteiger partial charge in [0.15, 0.2) is 0 Å². The Kier molecular flexibility index (Phi) is 7.53. The molecule has 1 aliphatic heterocycles. The number of carbonyl (C=O) groups excluding carboxylic acids is 1. The van der Waals surface area contributed by atoms with Gasteiger partial charge in [0.05, 0.1) is 6.10 Å². The van der Waals surface area contributed by atoms with Gasteiger partial charge in [-0.1, -0.05) is 18.2 Å². The summed E-state index contributed by atoms with van der Waals surface area (Å²) < 4.78 is 6.00. The maximum absolute atomic E-state index is 12.1. The molecule has 1 saturated carbocycles. The second-order valence-electron chi connectivity index (χ2n) is 5.99. The van der Waals surface area contributed by atoms with Crippen molar-refractivity contribution in [2.75, 3.05) is 18.1 Å². The molecule has 0 spiro atoms. The van der Waals surface area contributed by atoms with E-state index in [9.17, 15) is 4.79 Å². The Hall–Kier alpha value is -0.910. The number of hydrogen-bond acceptors (Lipinski definition) is 4. The van der Waals surface area contributed by atoms with Crippen LogP contribution in [0.4, 0.5) is 0 Å². The molecular formula is C17H25ClN2O2S. The van der Waals surface area contributed by atoms with Crippen molar-refractivity contribution in [1.29, 1.82) is 0 Å². The number of thioether (sulfide) groups is 1. The first-order valence-corrected chi connectivity index (χ1v) is 9.29. The summed E-state index contributed by atoms with van der Waals surface area (Å²) in [7, 11) is 0. The van der Waals surface area contributed by atoms with E-state index < -0.39 is 0 Å². The molecule has 0 bridgehead atoms. The zero-order valence-corrected chi connectivity index (χ0v) is 14.9. The van der Waals surface area contributed by atoms with Crippen molar-refractivity contribution in [3.05, 3.63) is 29.8 Å². The lowest BCUT2D eigenvalue weighted by Crippen LogP contribution is -2.41. The van der Waals surface area contributed by atoms with E-state index in [-0.39, 0.29) is 18.3 Å². The van der Waals surface area contributed by atoms with Crippen LogP contribution in [0, 0.1) is 0 Å². The lowest BCUT2D eigenvalue weighted by Gasteiger charge is -2.27. The molecule has 0 radical (unpaired) electrons. The molecule has 1 unspecified atom stereocenters. The molecule has 0 aromatic heterocycles. The van der Waals surface area contributed by atoms with Crippen LogP contribution in [0.1, 0.15) is 31.2 Å². The third-order valence-electron chi connectivity index (χ3n) is 4.22. The Morgan fingerprint density at radius 1 is 1.35 bits per heavy atom. The average molecular weight is 357 g/mol. The molecule has 2 aliphatic rings. The smallest absolute Gasteiger partial charge is 0.221 e. The molecular weight excluding hydrogens is 332 g/mol. The molecule has 1 aliphatic carbocycles. The van der Waals surface area contributed by atoms with Crippen molar-refractivity contribution >= 4 is 30.1 Å². The van der Waals surface area contributed by atoms with Gasteiger partial charge in [0.25, 0.3) is 0 Å². The molecule has 1 heterocycles. The number of carbonyl (C=O) groups is 1. The number of amides is 1. The Bertz CT molecular complexity index is 505. The van der Waals surface area contributed by atoms with Crippen molar-refractivity contribution < 1.29 is 9.53 Å². The van der Waals surface area contributed by atoms with Crippen LogP contribution >= 0.6 is 24.2 Å². The van der Waals surface area contributed by atoms with Crippen molar-refractivity contribution in [2.24, 2.45) is 0 Å². The number of halogens is 1. The lowest BCUT2D eigenvalue weighted by molar-refractivity contribution is -0.121. The van der Waals surface area contributed by atoms with Crippen LogP contribution in [0.2, 0.25) is 0 Å². The van der Waals surface area contributed by atoms with Gasteiger partial charge in [-0.05, 0) is 25.3 Å². The summed E-state index contributed by atoms with van der Waals surface area (Å²) in [6, 6.07) is 8.32. The van der Waals surface area contributed by atoms with Gasteiger partial charge in [0.1, 0.15) is 5.75 Å². The van der Waals surface area contributed by atoms with Crippen LogP contribution in [0.25, 0.3) is 0 Å². The van der Waals surface area contributed by atoms with Gasteiger partial charge in [0.2, 0.25) is 5.91 Å². The lowest BCUT2D eigenvalue weighted by atomic mass is 9.96. The Morgan fingerprint density at radius 2 is 2.17 bits per heavy atom. The topological polar surface area (TPSA) is 50.4 Å². The fraction of sp³-hybridized carbons (Fsp3) is 0.588. The highest BCUT2D eigenvalue weighted by atomic mass is 35.5. The molecule has 2 N–H and O–H groups in total. The summed E-state index contributed by atoms with van der Waals surface area (Å²) in [5, 5.41) is 6.42. The Balaban J connectivity index is 0.00000192. The number of rotatable bonds is 6. The van der Waals surface area contributed by atoms with Gasteiger partial charge >= 0.3 is 0 Å². The predicted molar refractivity (Wildman–Crippen MR) is 97.5 cm³/mol. The molecule has 1 saturated heterocycles. The van der Waals surface area contributed by atoms with Crippen LogP contribution in [-0.4, -0.2) is 36.1 Å². The Labute approximate surface area is 148 Å². The number of para-hydroxylation sites is 1. The van der Waals surface area contributed by atoms with Gasteiger partial charge in [0, 0.05) is 42.6 Å². The first-order chi connectivity index (χ1) is 10.8. The predicted octanol–water partition coefficient (Wildman–Crippen LogP) is 2.75. The van der Waals surface area contributed by atoms with Gasteiger partial charge in [-0.25, -0.2) is 0 Å². The Morgan fingerprint density at radius 3 is 2.87 bits per heavy atom. The minimum atomic E-state index is 0. The van der Waals surface area contributed by atoms with Crippen molar-refractivity contribution in [1.82, 2.24) is 10.6 Å². The van der Waals surface area contributed by atoms with E-state index in [0.29, 0.717) is 25.1 Å². The molecule has 1 atom stereocenters. The molecule has 4 nitrogen and oxygen atoms in total. The van der Waals surface area contributed by atoms with Crippen molar-refractivity contribution in [2.45, 2.75) is 44.4 Å². The molecule has 23 heavy (non-hydrogen) atoms. The van der Waals surface area contributed by atoms with E-state index in [1.54, 1.807) is 0 Å². The molecule has 1 amide bonds. The van der Waals surface area contributed by atoms with E-state index in [1.807, 2.05) is 36.0 Å². The SMILES string of the molecule is Cl.O=C(CC1CSCCN1)NCc1ccccc1OC1CCC1. The monoisotopic (exact) mass is 356 g/mol. The van der Waals surface area contributed by atoms with E-state index >= 15 is 0 Å². The van der Waals surface area contributed by atoms with Crippen molar-refractivity contribution in [3.8, 4) is 5.75 Å². The highest BCUT2D eigenvalue weighted by Gasteiger charge is 2.20. The zero-order chi connectivity index (χ0) is 15.2. The third-order valence-corrected chi connectivity index (χ3v) is 5.36. The van der Waals surface area contributed by atoms with Crippen LogP contribution in [0.15, 0.2) is 24.3 Å². The normalized spacial score (nSPS) is 21.0. The highest BCUT2D eigenvalue weighted by Crippen LogP contribution is 2.27. The van der Waals surface area contributed by atoms with Gasteiger partial charge in [-0.15, -0.1) is 12.4 Å². The fourth-order valence-electron chi connectivity index (χ4n) is 2.67. The molecule has 6 heteroatoms. The minimum absolute atomic E-state index is 0. The number of benzene rings is 1. The van der Waals surface area contributed by atoms with E-state index in [1.165, 1.54) is 6.42 Å². The minimum Gasteiger partial charge on any atom is -0.490 e. The third kappa shape index (κ3) is 5.59. The van der Waals surface area contributed by atoms with Gasteiger partial charge < -0.3 is 15.4 Å². The van der Waals surface area contributed by atoms with Crippen LogP contribution in [0.5, 0.6) is 5.75 Å². The first kappa shape index (κ1) is 18.4. The van der Waals surface area contributed by atoms with Gasteiger partial charge in [-0.2, -0.15) is 11.8 Å². The van der Waals surface area contributed by atoms with E-state index in [2.05, 4.69) is 10.6 Å². The highest BCUT2D eigenvalue weighted by molar-refractivity contribution is 7.99. The quantitative estimate of drug-likeness (QED) is 0.823. The summed E-state index contributed by atoms with van der Waals surface area (Å²) in [4.78, 5) is 12.1. The zero-order valence-electron chi connectivity index (χ0n) is 13.3. The summed E-state index contributed by atoms with van der Waals surface area (Å²) in [6.07, 6.45) is 4.46. The summed E-state index contributed by atoms with van der Waals surface area (Å²) >= 11 is 1.92. The molecule has 2 fully saturated rings. The first-order valence-electron chi connectivity index (χ1n) is 8.13. The summed E-state index contributed by atoms with van der Waals surface area (Å²) in [6.45, 7) is 1.54. The van der Waals surface area contributed by atoms with Gasteiger partial charge in [-0.3, -0.25) is 4.79 Å². The molecule has 128 valence electrons. The van der Waals surface area contributed by atoms with Crippen LogP contribution in [-0.2, 0) is 11.3 Å². The van der Waals surface area contributed by atoms with Crippen LogP contribution < -0.4 is 15.4 Å². The number of hydrogen-bond donors (Lipinski definition) is 2. The summed E-state index contributed by atoms with van der Waals surface area (Å²) in [5.74, 6) is 3.19. The maximum Gasteiger partial charge on any atom is 0.221 e. The van der Waals surface area contributed by atoms with E-state index in [0.717, 1.165) is 42.2 Å². The fourth-order valence-corrected chi connectivity index (χ4v) is 3.62. The largest absolute Gasteiger partial charge is 0.490 e. The maximum atomic E-state index is 12.1.